The highest BCUT2D eigenvalue weighted by Crippen LogP contribution is 2.18. The molecule has 2 aromatic heterocycles. The van der Waals surface area contributed by atoms with Crippen LogP contribution in [0.3, 0.4) is 0 Å². The molecule has 3 aromatic rings. The summed E-state index contributed by atoms with van der Waals surface area (Å²) in [6, 6.07) is 11.1. The van der Waals surface area contributed by atoms with Crippen molar-refractivity contribution in [3.63, 3.8) is 0 Å². The van der Waals surface area contributed by atoms with E-state index in [1.807, 2.05) is 18.2 Å². The predicted octanol–water partition coefficient (Wildman–Crippen LogP) is 1.60. The van der Waals surface area contributed by atoms with E-state index in [1.54, 1.807) is 30.7 Å². The molecule has 0 aliphatic carbocycles. The van der Waals surface area contributed by atoms with Gasteiger partial charge in [0, 0.05) is 44.3 Å². The van der Waals surface area contributed by atoms with Gasteiger partial charge in [0.25, 0.3) is 0 Å². The molecule has 0 bridgehead atoms. The second-order valence-electron chi connectivity index (χ2n) is 5.98. The average Bonchev–Trinajstić information content (AvgIpc) is 2.75. The lowest BCUT2D eigenvalue weighted by Gasteiger charge is -2.35. The highest BCUT2D eigenvalue weighted by molar-refractivity contribution is 5.57. The normalized spacial score (nSPS) is 13.9. The number of hydrogen-bond donors (Lipinski definition) is 1. The lowest BCUT2D eigenvalue weighted by molar-refractivity contribution is 0.632. The second-order valence-corrected chi connectivity index (χ2v) is 5.98. The predicted molar refractivity (Wildman–Crippen MR) is 101 cm³/mol. The summed E-state index contributed by atoms with van der Waals surface area (Å²) in [5.74, 6) is 1.91. The highest BCUT2D eigenvalue weighted by Gasteiger charge is 2.20. The first kappa shape index (κ1) is 16.7. The Morgan fingerprint density at radius 3 is 2.56 bits per heavy atom. The zero-order valence-corrected chi connectivity index (χ0v) is 14.5. The van der Waals surface area contributed by atoms with Gasteiger partial charge in [0.1, 0.15) is 0 Å². The smallest absolute Gasteiger partial charge is 0.249 e. The maximum absolute atomic E-state index is 9.01. The van der Waals surface area contributed by atoms with Gasteiger partial charge < -0.3 is 15.1 Å². The molecule has 1 aromatic carbocycles. The van der Waals surface area contributed by atoms with E-state index in [0.717, 1.165) is 43.6 Å². The lowest BCUT2D eigenvalue weighted by Crippen LogP contribution is -2.47. The number of hydrogen-bond acceptors (Lipinski definition) is 9. The van der Waals surface area contributed by atoms with Gasteiger partial charge in [-0.25, -0.2) is 9.97 Å². The van der Waals surface area contributed by atoms with E-state index >= 15 is 0 Å². The summed E-state index contributed by atoms with van der Waals surface area (Å²) in [6.07, 6.45) is 5.16. The van der Waals surface area contributed by atoms with Crippen LogP contribution in [0.2, 0.25) is 0 Å². The molecule has 4 rings (SSSR count). The number of nitrogens with zero attached hydrogens (tertiary/aromatic N) is 8. The zero-order valence-electron chi connectivity index (χ0n) is 14.5. The van der Waals surface area contributed by atoms with Gasteiger partial charge >= 0.3 is 0 Å². The van der Waals surface area contributed by atoms with E-state index in [2.05, 4.69) is 46.3 Å². The van der Waals surface area contributed by atoms with Crippen LogP contribution in [0, 0.1) is 11.3 Å². The first-order chi connectivity index (χ1) is 13.3. The molecule has 134 valence electrons. The van der Waals surface area contributed by atoms with Crippen LogP contribution < -0.4 is 15.1 Å². The third-order valence-corrected chi connectivity index (χ3v) is 4.23. The minimum atomic E-state index is 0.399. The number of nitriles is 1. The number of piperazine rings is 1. The van der Waals surface area contributed by atoms with Crippen LogP contribution in [0.4, 0.5) is 23.4 Å². The summed E-state index contributed by atoms with van der Waals surface area (Å²) >= 11 is 0. The Balaban J connectivity index is 1.43. The molecular formula is C18H17N9. The molecule has 0 spiro atoms. The van der Waals surface area contributed by atoms with Crippen LogP contribution in [0.5, 0.6) is 0 Å². The van der Waals surface area contributed by atoms with E-state index in [4.69, 9.17) is 5.26 Å². The molecule has 1 saturated heterocycles. The summed E-state index contributed by atoms with van der Waals surface area (Å²) in [7, 11) is 0. The summed E-state index contributed by atoms with van der Waals surface area (Å²) in [5, 5.41) is 20.2. The van der Waals surface area contributed by atoms with E-state index in [9.17, 15) is 0 Å². The quantitative estimate of drug-likeness (QED) is 0.743. The third kappa shape index (κ3) is 3.90. The van der Waals surface area contributed by atoms with Gasteiger partial charge in [0.15, 0.2) is 5.82 Å². The molecular weight excluding hydrogens is 342 g/mol. The number of anilines is 4. The van der Waals surface area contributed by atoms with Gasteiger partial charge in [-0.2, -0.15) is 15.3 Å². The van der Waals surface area contributed by atoms with E-state index in [0.29, 0.717) is 11.5 Å². The van der Waals surface area contributed by atoms with Crippen LogP contribution in [0.25, 0.3) is 0 Å². The SMILES string of the molecule is N#Cc1cccc(Nc2nncc(N3CCN(c4ncccn4)CC3)n2)c1. The molecule has 0 unspecified atom stereocenters. The molecule has 3 heterocycles. The van der Waals surface area contributed by atoms with E-state index in [1.165, 1.54) is 0 Å². The molecule has 1 aliphatic rings. The first-order valence-corrected chi connectivity index (χ1v) is 8.56. The van der Waals surface area contributed by atoms with Gasteiger partial charge in [-0.3, -0.25) is 0 Å². The number of benzene rings is 1. The van der Waals surface area contributed by atoms with Crippen molar-refractivity contribution in [2.45, 2.75) is 0 Å². The molecule has 1 aliphatic heterocycles. The van der Waals surface area contributed by atoms with Crippen molar-refractivity contribution < 1.29 is 0 Å². The lowest BCUT2D eigenvalue weighted by atomic mass is 10.2. The highest BCUT2D eigenvalue weighted by atomic mass is 15.4. The summed E-state index contributed by atoms with van der Waals surface area (Å²) < 4.78 is 0. The Hall–Kier alpha value is -3.80. The van der Waals surface area contributed by atoms with Gasteiger partial charge in [-0.15, -0.1) is 5.10 Å². The summed E-state index contributed by atoms with van der Waals surface area (Å²) in [6.45, 7) is 3.20. The summed E-state index contributed by atoms with van der Waals surface area (Å²) in [4.78, 5) is 17.5. The van der Waals surface area contributed by atoms with Crippen LogP contribution in [-0.4, -0.2) is 51.3 Å². The van der Waals surface area contributed by atoms with Crippen LogP contribution in [0.15, 0.2) is 48.9 Å². The molecule has 27 heavy (non-hydrogen) atoms. The average molecular weight is 359 g/mol. The molecule has 1 N–H and O–H groups in total. The Morgan fingerprint density at radius 1 is 1.00 bits per heavy atom. The van der Waals surface area contributed by atoms with Crippen molar-refractivity contribution in [1.82, 2.24) is 25.1 Å². The second kappa shape index (κ2) is 7.61. The van der Waals surface area contributed by atoms with Gasteiger partial charge in [0.2, 0.25) is 11.9 Å². The zero-order chi connectivity index (χ0) is 18.5. The largest absolute Gasteiger partial charge is 0.352 e. The molecule has 0 saturated carbocycles. The van der Waals surface area contributed by atoms with Crippen LogP contribution in [0.1, 0.15) is 5.56 Å². The Labute approximate surface area is 156 Å². The van der Waals surface area contributed by atoms with Gasteiger partial charge in [-0.05, 0) is 24.3 Å². The number of aromatic nitrogens is 5. The number of nitrogens with one attached hydrogen (secondary N) is 1. The Bertz CT molecular complexity index is 946. The minimum Gasteiger partial charge on any atom is -0.352 e. The van der Waals surface area contributed by atoms with Crippen molar-refractivity contribution >= 4 is 23.4 Å². The fraction of sp³-hybridized carbons (Fsp3) is 0.222. The van der Waals surface area contributed by atoms with Crippen LogP contribution in [-0.2, 0) is 0 Å². The Kier molecular flexibility index (Phi) is 4.70. The van der Waals surface area contributed by atoms with E-state index in [-0.39, 0.29) is 0 Å². The van der Waals surface area contributed by atoms with Crippen molar-refractivity contribution in [2.75, 3.05) is 41.3 Å². The first-order valence-electron chi connectivity index (χ1n) is 8.56. The molecule has 0 radical (unpaired) electrons. The van der Waals surface area contributed by atoms with Gasteiger partial charge in [-0.1, -0.05) is 6.07 Å². The fourth-order valence-corrected chi connectivity index (χ4v) is 2.89. The van der Waals surface area contributed by atoms with Crippen molar-refractivity contribution in [3.05, 3.63) is 54.5 Å². The van der Waals surface area contributed by atoms with Crippen molar-refractivity contribution in [3.8, 4) is 6.07 Å². The third-order valence-electron chi connectivity index (χ3n) is 4.23. The molecule has 9 heteroatoms. The molecule has 0 atom stereocenters. The monoisotopic (exact) mass is 359 g/mol. The van der Waals surface area contributed by atoms with Crippen molar-refractivity contribution in [2.24, 2.45) is 0 Å². The maximum atomic E-state index is 9.01. The standard InChI is InChI=1S/C18H17N9/c19-12-14-3-1-4-15(11-14)23-17-24-16(13-22-25-17)26-7-9-27(10-8-26)18-20-5-2-6-21-18/h1-6,11,13H,7-10H2,(H,23,24,25). The molecule has 0 amide bonds. The Morgan fingerprint density at radius 2 is 1.78 bits per heavy atom. The topological polar surface area (TPSA) is 107 Å². The summed E-state index contributed by atoms with van der Waals surface area (Å²) in [5.41, 5.74) is 1.32. The molecule has 9 nitrogen and oxygen atoms in total. The van der Waals surface area contributed by atoms with E-state index < -0.39 is 0 Å². The van der Waals surface area contributed by atoms with Crippen LogP contribution >= 0.6 is 0 Å². The number of rotatable bonds is 4. The van der Waals surface area contributed by atoms with Crippen molar-refractivity contribution in [1.29, 1.82) is 5.26 Å². The minimum absolute atomic E-state index is 0.399. The molecule has 1 fully saturated rings. The fourth-order valence-electron chi connectivity index (χ4n) is 2.89. The maximum Gasteiger partial charge on any atom is 0.249 e. The van der Waals surface area contributed by atoms with Gasteiger partial charge in [0.05, 0.1) is 17.8 Å².